The van der Waals surface area contributed by atoms with Gasteiger partial charge in [-0.25, -0.2) is 0 Å². The third-order valence-electron chi connectivity index (χ3n) is 1.11. The predicted molar refractivity (Wildman–Crippen MR) is 26.9 cm³/mol. The maximum atomic E-state index is 3.75. The fourth-order valence-electron chi connectivity index (χ4n) is 0.523. The van der Waals surface area contributed by atoms with Gasteiger partial charge in [-0.2, -0.15) is 5.11 Å². The summed E-state index contributed by atoms with van der Waals surface area (Å²) in [5, 5.41) is 7.36. The van der Waals surface area contributed by atoms with E-state index in [9.17, 15) is 0 Å². The molecule has 3 heteroatoms. The van der Waals surface area contributed by atoms with Crippen molar-refractivity contribution in [2.45, 2.75) is 19.4 Å². The summed E-state index contributed by atoms with van der Waals surface area (Å²) in [5.41, 5.74) is 2.86. The van der Waals surface area contributed by atoms with Gasteiger partial charge in [0.2, 0.25) is 0 Å². The van der Waals surface area contributed by atoms with E-state index in [1.54, 1.807) is 0 Å². The van der Waals surface area contributed by atoms with Gasteiger partial charge in [0.15, 0.2) is 0 Å². The van der Waals surface area contributed by atoms with Crippen molar-refractivity contribution in [3.8, 4) is 0 Å². The van der Waals surface area contributed by atoms with Gasteiger partial charge in [0.1, 0.15) is 0 Å². The van der Waals surface area contributed by atoms with E-state index in [1.165, 1.54) is 0 Å². The Morgan fingerprint density at radius 2 is 2.71 bits per heavy atom. The molecule has 0 aromatic carbocycles. The quantitative estimate of drug-likeness (QED) is 0.517. The topological polar surface area (TPSA) is 36.8 Å². The summed E-state index contributed by atoms with van der Waals surface area (Å²) in [5.74, 6) is 0. The van der Waals surface area contributed by atoms with Crippen LogP contribution >= 0.6 is 0 Å². The molecule has 1 aliphatic heterocycles. The van der Waals surface area contributed by atoms with Crippen molar-refractivity contribution in [2.75, 3.05) is 6.54 Å². The summed E-state index contributed by atoms with van der Waals surface area (Å²) in [6, 6.07) is 0.514. The third-order valence-corrected chi connectivity index (χ3v) is 1.11. The highest BCUT2D eigenvalue weighted by Crippen LogP contribution is 1.96. The number of nitrogens with zero attached hydrogens (tertiary/aromatic N) is 2. The molecule has 1 atom stereocenters. The molecule has 0 aromatic heterocycles. The summed E-state index contributed by atoms with van der Waals surface area (Å²) < 4.78 is 0. The van der Waals surface area contributed by atoms with Crippen LogP contribution in [-0.4, -0.2) is 12.6 Å². The number of nitrogens with one attached hydrogen (secondary N) is 1. The molecule has 0 saturated carbocycles. The lowest BCUT2D eigenvalue weighted by Crippen LogP contribution is -2.20. The summed E-state index contributed by atoms with van der Waals surface area (Å²) in [4.78, 5) is 0. The third kappa shape index (κ3) is 0.885. The van der Waals surface area contributed by atoms with Crippen LogP contribution in [0.2, 0.25) is 0 Å². The summed E-state index contributed by atoms with van der Waals surface area (Å²) >= 11 is 0. The molecule has 0 saturated heterocycles. The molecule has 0 aromatic rings. The van der Waals surface area contributed by atoms with Crippen LogP contribution < -0.4 is 5.43 Å². The number of rotatable bonds is 1. The number of hydrogen-bond donors (Lipinski definition) is 1. The maximum Gasteiger partial charge on any atom is 0.0838 e. The minimum absolute atomic E-state index is 0.514. The average Bonchev–Trinajstić information content (AvgIpc) is 2.14. The van der Waals surface area contributed by atoms with Crippen molar-refractivity contribution in [1.82, 2.24) is 5.43 Å². The lowest BCUT2D eigenvalue weighted by Gasteiger charge is -1.99. The lowest BCUT2D eigenvalue weighted by molar-refractivity contribution is 0.587. The first-order chi connectivity index (χ1) is 3.43. The molecule has 1 N–H and O–H groups in total. The molecule has 3 nitrogen and oxygen atoms in total. The normalized spacial score (nSPS) is 27.9. The summed E-state index contributed by atoms with van der Waals surface area (Å²) in [6.45, 7) is 2.98. The van der Waals surface area contributed by atoms with Crippen molar-refractivity contribution in [2.24, 2.45) is 10.3 Å². The molecule has 0 bridgehead atoms. The Hall–Kier alpha value is -0.600. The van der Waals surface area contributed by atoms with Gasteiger partial charge in [-0.15, -0.1) is 0 Å². The van der Waals surface area contributed by atoms with Crippen LogP contribution in [-0.2, 0) is 0 Å². The Kier molecular flexibility index (Phi) is 1.24. The van der Waals surface area contributed by atoms with Crippen molar-refractivity contribution in [3.63, 3.8) is 0 Å². The van der Waals surface area contributed by atoms with Crippen LogP contribution in [0, 0.1) is 0 Å². The molecule has 40 valence electrons. The Morgan fingerprint density at radius 1 is 1.86 bits per heavy atom. The van der Waals surface area contributed by atoms with Crippen LogP contribution in [0.3, 0.4) is 0 Å². The molecule has 0 amide bonds. The smallest absolute Gasteiger partial charge is 0.0838 e. The molecule has 0 radical (unpaired) electrons. The van der Waals surface area contributed by atoms with Crippen molar-refractivity contribution < 1.29 is 0 Å². The molecule has 1 heterocycles. The Bertz CT molecular complexity index is 71.0. The molecule has 7 heavy (non-hydrogen) atoms. The second-order valence-electron chi connectivity index (χ2n) is 1.66. The SMILES string of the molecule is CCC1CN=NN1. The van der Waals surface area contributed by atoms with Crippen LogP contribution in [0.1, 0.15) is 13.3 Å². The fraction of sp³-hybridized carbons (Fsp3) is 1.00. The summed E-state index contributed by atoms with van der Waals surface area (Å²) in [7, 11) is 0. The predicted octanol–water partition coefficient (Wildman–Crippen LogP) is 0.735. The maximum absolute atomic E-state index is 3.75. The van der Waals surface area contributed by atoms with Gasteiger partial charge in [0.05, 0.1) is 12.6 Å². The van der Waals surface area contributed by atoms with Crippen LogP contribution in [0.4, 0.5) is 0 Å². The molecule has 1 rings (SSSR count). The van der Waals surface area contributed by atoms with E-state index >= 15 is 0 Å². The van der Waals surface area contributed by atoms with Crippen LogP contribution in [0.25, 0.3) is 0 Å². The van der Waals surface area contributed by atoms with E-state index in [-0.39, 0.29) is 0 Å². The fourth-order valence-corrected chi connectivity index (χ4v) is 0.523. The number of hydrogen-bond acceptors (Lipinski definition) is 3. The second-order valence-corrected chi connectivity index (χ2v) is 1.66. The van der Waals surface area contributed by atoms with Gasteiger partial charge in [-0.05, 0) is 6.42 Å². The lowest BCUT2D eigenvalue weighted by atomic mass is 10.2. The van der Waals surface area contributed by atoms with Crippen molar-refractivity contribution in [1.29, 1.82) is 0 Å². The molecule has 0 aliphatic carbocycles. The highest BCUT2D eigenvalue weighted by Gasteiger charge is 2.06. The van der Waals surface area contributed by atoms with E-state index in [2.05, 4.69) is 22.7 Å². The molecular weight excluding hydrogens is 90.1 g/mol. The molecule has 1 aliphatic rings. The Morgan fingerprint density at radius 3 is 3.00 bits per heavy atom. The van der Waals surface area contributed by atoms with Crippen molar-refractivity contribution in [3.05, 3.63) is 0 Å². The van der Waals surface area contributed by atoms with E-state index < -0.39 is 0 Å². The average molecular weight is 99.1 g/mol. The van der Waals surface area contributed by atoms with E-state index in [1.807, 2.05) is 0 Å². The van der Waals surface area contributed by atoms with E-state index in [0.717, 1.165) is 13.0 Å². The highest BCUT2D eigenvalue weighted by molar-refractivity contribution is 4.66. The summed E-state index contributed by atoms with van der Waals surface area (Å²) in [6.07, 6.45) is 1.12. The molecule has 0 spiro atoms. The second kappa shape index (κ2) is 1.91. The monoisotopic (exact) mass is 99.1 g/mol. The van der Waals surface area contributed by atoms with E-state index in [0.29, 0.717) is 6.04 Å². The highest BCUT2D eigenvalue weighted by atomic mass is 15.5. The minimum atomic E-state index is 0.514. The minimum Gasteiger partial charge on any atom is -0.287 e. The first-order valence-corrected chi connectivity index (χ1v) is 2.55. The molecule has 1 unspecified atom stereocenters. The zero-order valence-corrected chi connectivity index (χ0v) is 4.39. The van der Waals surface area contributed by atoms with Gasteiger partial charge in [0, 0.05) is 0 Å². The largest absolute Gasteiger partial charge is 0.287 e. The van der Waals surface area contributed by atoms with Gasteiger partial charge >= 0.3 is 0 Å². The zero-order valence-electron chi connectivity index (χ0n) is 4.39. The van der Waals surface area contributed by atoms with E-state index in [4.69, 9.17) is 0 Å². The van der Waals surface area contributed by atoms with Gasteiger partial charge < -0.3 is 0 Å². The van der Waals surface area contributed by atoms with Gasteiger partial charge in [-0.1, -0.05) is 12.1 Å². The van der Waals surface area contributed by atoms with Crippen LogP contribution in [0.15, 0.2) is 10.3 Å². The molecular formula is C4H9N3. The first-order valence-electron chi connectivity index (χ1n) is 2.55. The van der Waals surface area contributed by atoms with Crippen LogP contribution in [0.5, 0.6) is 0 Å². The Balaban J connectivity index is 2.22. The standard InChI is InChI=1S/C4H9N3/c1-2-4-3-5-7-6-4/h4H,2-3H2,1H3,(H,5,6). The first kappa shape index (κ1) is 4.56. The van der Waals surface area contributed by atoms with Crippen molar-refractivity contribution >= 4 is 0 Å². The zero-order chi connectivity index (χ0) is 5.11. The van der Waals surface area contributed by atoms with Gasteiger partial charge in [-0.3, -0.25) is 5.43 Å². The Labute approximate surface area is 42.8 Å². The molecule has 0 fully saturated rings. The van der Waals surface area contributed by atoms with Gasteiger partial charge in [0.25, 0.3) is 0 Å².